The SMILES string of the molecule is CC(C)(C)OCCC(Cc1ccc(Br)cc1)C(=O)O. The van der Waals surface area contributed by atoms with Crippen LogP contribution in [-0.2, 0) is 16.0 Å². The number of aliphatic carboxylic acids is 1. The number of hydrogen-bond acceptors (Lipinski definition) is 2. The Morgan fingerprint density at radius 3 is 2.37 bits per heavy atom. The minimum Gasteiger partial charge on any atom is -0.481 e. The third kappa shape index (κ3) is 6.73. The van der Waals surface area contributed by atoms with Gasteiger partial charge in [0.15, 0.2) is 0 Å². The van der Waals surface area contributed by atoms with Gasteiger partial charge in [0.1, 0.15) is 0 Å². The Morgan fingerprint density at radius 1 is 1.32 bits per heavy atom. The van der Waals surface area contributed by atoms with Gasteiger partial charge >= 0.3 is 5.97 Å². The molecular weight excluding hydrogens is 308 g/mol. The monoisotopic (exact) mass is 328 g/mol. The van der Waals surface area contributed by atoms with E-state index in [0.29, 0.717) is 19.4 Å². The molecule has 0 aliphatic heterocycles. The Balaban J connectivity index is 2.53. The van der Waals surface area contributed by atoms with Crippen molar-refractivity contribution in [3.05, 3.63) is 34.3 Å². The smallest absolute Gasteiger partial charge is 0.306 e. The first-order valence-corrected chi connectivity index (χ1v) is 7.18. The fraction of sp³-hybridized carbons (Fsp3) is 0.533. The number of halogens is 1. The summed E-state index contributed by atoms with van der Waals surface area (Å²) in [5.41, 5.74) is 0.812. The summed E-state index contributed by atoms with van der Waals surface area (Å²) in [6.45, 7) is 6.38. The van der Waals surface area contributed by atoms with Crippen LogP contribution in [0.3, 0.4) is 0 Å². The molecule has 0 aromatic heterocycles. The van der Waals surface area contributed by atoms with Gasteiger partial charge in [-0.3, -0.25) is 4.79 Å². The predicted octanol–water partition coefficient (Wildman–Crippen LogP) is 3.90. The van der Waals surface area contributed by atoms with Crippen LogP contribution in [0, 0.1) is 5.92 Å². The number of hydrogen-bond donors (Lipinski definition) is 1. The van der Waals surface area contributed by atoms with E-state index in [9.17, 15) is 9.90 Å². The van der Waals surface area contributed by atoms with E-state index in [1.807, 2.05) is 45.0 Å². The third-order valence-corrected chi connectivity index (χ3v) is 3.27. The summed E-state index contributed by atoms with van der Waals surface area (Å²) in [6.07, 6.45) is 1.07. The Labute approximate surface area is 123 Å². The second-order valence-electron chi connectivity index (χ2n) is 5.62. The number of benzene rings is 1. The van der Waals surface area contributed by atoms with E-state index in [1.54, 1.807) is 0 Å². The van der Waals surface area contributed by atoms with Crippen LogP contribution in [0.5, 0.6) is 0 Å². The number of carbonyl (C=O) groups is 1. The second-order valence-corrected chi connectivity index (χ2v) is 6.53. The van der Waals surface area contributed by atoms with Crippen LogP contribution < -0.4 is 0 Å². The van der Waals surface area contributed by atoms with Gasteiger partial charge in [-0.15, -0.1) is 0 Å². The molecule has 0 saturated heterocycles. The summed E-state index contributed by atoms with van der Waals surface area (Å²) in [5, 5.41) is 9.25. The van der Waals surface area contributed by atoms with Crippen LogP contribution in [0.1, 0.15) is 32.8 Å². The van der Waals surface area contributed by atoms with E-state index >= 15 is 0 Å². The van der Waals surface area contributed by atoms with E-state index in [0.717, 1.165) is 10.0 Å². The van der Waals surface area contributed by atoms with Crippen LogP contribution >= 0.6 is 15.9 Å². The fourth-order valence-electron chi connectivity index (χ4n) is 1.73. The largest absolute Gasteiger partial charge is 0.481 e. The van der Waals surface area contributed by atoms with E-state index < -0.39 is 11.9 Å². The number of ether oxygens (including phenoxy) is 1. The summed E-state index contributed by atoms with van der Waals surface area (Å²) in [5.74, 6) is -1.16. The van der Waals surface area contributed by atoms with Crippen LogP contribution in [-0.4, -0.2) is 23.3 Å². The molecule has 1 unspecified atom stereocenters. The molecule has 19 heavy (non-hydrogen) atoms. The highest BCUT2D eigenvalue weighted by atomic mass is 79.9. The molecule has 0 aliphatic rings. The van der Waals surface area contributed by atoms with E-state index in [4.69, 9.17) is 4.74 Å². The van der Waals surface area contributed by atoms with E-state index in [1.165, 1.54) is 0 Å². The molecular formula is C15H21BrO3. The molecule has 3 nitrogen and oxygen atoms in total. The van der Waals surface area contributed by atoms with E-state index in [-0.39, 0.29) is 5.60 Å². The number of carboxylic acids is 1. The lowest BCUT2D eigenvalue weighted by Gasteiger charge is -2.21. The molecule has 1 atom stereocenters. The number of rotatable bonds is 6. The number of carboxylic acid groups (broad SMARTS) is 1. The van der Waals surface area contributed by atoms with Crippen molar-refractivity contribution in [1.82, 2.24) is 0 Å². The van der Waals surface area contributed by atoms with Crippen molar-refractivity contribution in [2.45, 2.75) is 39.2 Å². The van der Waals surface area contributed by atoms with Gasteiger partial charge in [0.05, 0.1) is 11.5 Å². The molecule has 0 bridgehead atoms. The molecule has 4 heteroatoms. The predicted molar refractivity (Wildman–Crippen MR) is 79.3 cm³/mol. The highest BCUT2D eigenvalue weighted by Crippen LogP contribution is 2.17. The topological polar surface area (TPSA) is 46.5 Å². The highest BCUT2D eigenvalue weighted by molar-refractivity contribution is 9.10. The first-order valence-electron chi connectivity index (χ1n) is 6.39. The molecule has 1 rings (SSSR count). The lowest BCUT2D eigenvalue weighted by atomic mass is 9.96. The van der Waals surface area contributed by atoms with E-state index in [2.05, 4.69) is 15.9 Å². The fourth-order valence-corrected chi connectivity index (χ4v) is 1.99. The Hall–Kier alpha value is -0.870. The Bertz CT molecular complexity index is 406. The van der Waals surface area contributed by atoms with Crippen molar-refractivity contribution in [2.24, 2.45) is 5.92 Å². The molecule has 0 radical (unpaired) electrons. The maximum absolute atomic E-state index is 11.3. The van der Waals surface area contributed by atoms with Gasteiger partial charge in [-0.1, -0.05) is 28.1 Å². The summed E-state index contributed by atoms with van der Waals surface area (Å²) >= 11 is 3.37. The highest BCUT2D eigenvalue weighted by Gasteiger charge is 2.19. The summed E-state index contributed by atoms with van der Waals surface area (Å²) < 4.78 is 6.60. The first kappa shape index (κ1) is 16.2. The zero-order valence-corrected chi connectivity index (χ0v) is 13.2. The molecule has 0 saturated carbocycles. The van der Waals surface area contributed by atoms with Crippen molar-refractivity contribution in [3.8, 4) is 0 Å². The summed E-state index contributed by atoms with van der Waals surface area (Å²) in [6, 6.07) is 7.76. The van der Waals surface area contributed by atoms with Gasteiger partial charge in [0, 0.05) is 11.1 Å². The van der Waals surface area contributed by atoms with Crippen molar-refractivity contribution < 1.29 is 14.6 Å². The van der Waals surface area contributed by atoms with Crippen LogP contribution in [0.2, 0.25) is 0 Å². The van der Waals surface area contributed by atoms with Gasteiger partial charge in [-0.25, -0.2) is 0 Å². The first-order chi connectivity index (χ1) is 8.78. The molecule has 1 N–H and O–H groups in total. The van der Waals surface area contributed by atoms with Crippen molar-refractivity contribution in [3.63, 3.8) is 0 Å². The average Bonchev–Trinajstić information content (AvgIpc) is 2.28. The van der Waals surface area contributed by atoms with Crippen LogP contribution in [0.4, 0.5) is 0 Å². The Morgan fingerprint density at radius 2 is 1.89 bits per heavy atom. The second kappa shape index (κ2) is 7.06. The van der Waals surface area contributed by atoms with Gasteiger partial charge < -0.3 is 9.84 Å². The van der Waals surface area contributed by atoms with Gasteiger partial charge in [-0.2, -0.15) is 0 Å². The lowest BCUT2D eigenvalue weighted by molar-refractivity contribution is -0.142. The van der Waals surface area contributed by atoms with Crippen LogP contribution in [0.15, 0.2) is 28.7 Å². The van der Waals surface area contributed by atoms with Gasteiger partial charge in [0.2, 0.25) is 0 Å². The molecule has 1 aromatic carbocycles. The van der Waals surface area contributed by atoms with Gasteiger partial charge in [-0.05, 0) is 51.3 Å². The van der Waals surface area contributed by atoms with Crippen molar-refractivity contribution >= 4 is 21.9 Å². The molecule has 106 valence electrons. The molecule has 0 spiro atoms. The standard InChI is InChI=1S/C15H21BrO3/c1-15(2,3)19-9-8-12(14(17)18)10-11-4-6-13(16)7-5-11/h4-7,12H,8-10H2,1-3H3,(H,17,18). The molecule has 0 aliphatic carbocycles. The third-order valence-electron chi connectivity index (χ3n) is 2.75. The lowest BCUT2D eigenvalue weighted by Crippen LogP contribution is -2.24. The zero-order chi connectivity index (χ0) is 14.5. The molecule has 1 aromatic rings. The quantitative estimate of drug-likeness (QED) is 0.861. The minimum absolute atomic E-state index is 0.222. The normalized spacial score (nSPS) is 13.3. The molecule has 0 amide bonds. The molecule has 0 fully saturated rings. The van der Waals surface area contributed by atoms with Crippen molar-refractivity contribution in [1.29, 1.82) is 0 Å². The molecule has 0 heterocycles. The summed E-state index contributed by atoms with van der Waals surface area (Å²) in [7, 11) is 0. The maximum atomic E-state index is 11.3. The summed E-state index contributed by atoms with van der Waals surface area (Å²) in [4.78, 5) is 11.3. The maximum Gasteiger partial charge on any atom is 0.306 e. The Kier molecular flexibility index (Phi) is 6.01. The minimum atomic E-state index is -0.763. The van der Waals surface area contributed by atoms with Gasteiger partial charge in [0.25, 0.3) is 0 Å². The van der Waals surface area contributed by atoms with Crippen LogP contribution in [0.25, 0.3) is 0 Å². The average molecular weight is 329 g/mol. The van der Waals surface area contributed by atoms with Crippen molar-refractivity contribution in [2.75, 3.05) is 6.61 Å². The zero-order valence-electron chi connectivity index (χ0n) is 11.6.